The van der Waals surface area contributed by atoms with Crippen LogP contribution < -0.4 is 9.47 Å². The summed E-state index contributed by atoms with van der Waals surface area (Å²) in [5.74, 6) is 2.17. The van der Waals surface area contributed by atoms with Crippen LogP contribution in [0.4, 0.5) is 0 Å². The summed E-state index contributed by atoms with van der Waals surface area (Å²) in [6.45, 7) is 8.07. The molecule has 0 unspecified atom stereocenters. The average molecular weight is 440 g/mol. The first-order valence-corrected chi connectivity index (χ1v) is 11.8. The van der Waals surface area contributed by atoms with Crippen molar-refractivity contribution in [3.8, 4) is 11.5 Å². The van der Waals surface area contributed by atoms with Gasteiger partial charge >= 0.3 is 0 Å². The molecule has 2 aromatic rings. The first kappa shape index (κ1) is 20.1. The number of aryl methyl sites for hydroxylation is 1. The Morgan fingerprint density at radius 1 is 0.935 bits per heavy atom. The third-order valence-corrected chi connectivity index (χ3v) is 7.44. The number of piperazine rings is 1. The predicted molar refractivity (Wildman–Crippen MR) is 120 cm³/mol. The lowest BCUT2D eigenvalue weighted by molar-refractivity contribution is 0.172. The Hall–Kier alpha value is -2.84. The third-order valence-electron chi connectivity index (χ3n) is 5.97. The van der Waals surface area contributed by atoms with Gasteiger partial charge in [-0.05, 0) is 37.1 Å². The van der Waals surface area contributed by atoms with Crippen LogP contribution in [0.25, 0.3) is 4.91 Å². The minimum absolute atomic E-state index is 0.278. The predicted octanol–water partition coefficient (Wildman–Crippen LogP) is 3.01. The molecule has 3 heterocycles. The van der Waals surface area contributed by atoms with Gasteiger partial charge in [0.2, 0.25) is 6.79 Å². The highest BCUT2D eigenvalue weighted by molar-refractivity contribution is 8.00. The maximum atomic E-state index is 12.8. The van der Waals surface area contributed by atoms with Gasteiger partial charge < -0.3 is 14.4 Å². The number of ether oxygens (including phenoxy) is 2. The van der Waals surface area contributed by atoms with Gasteiger partial charge in [-0.25, -0.2) is 0 Å². The number of nitrogens with zero attached hydrogens (tertiary/aromatic N) is 3. The fraction of sp³-hybridized carbons (Fsp3) is 0.348. The fourth-order valence-corrected chi connectivity index (χ4v) is 5.79. The van der Waals surface area contributed by atoms with Crippen molar-refractivity contribution in [2.75, 3.05) is 33.0 Å². The van der Waals surface area contributed by atoms with Gasteiger partial charge in [-0.3, -0.25) is 4.90 Å². The zero-order chi connectivity index (χ0) is 21.6. The highest BCUT2D eigenvalue weighted by atomic mass is 32.2. The smallest absolute Gasteiger partial charge is 0.285 e. The van der Waals surface area contributed by atoms with Crippen LogP contribution in [0.5, 0.6) is 11.5 Å². The number of fused-ring (bicyclic) bond motifs is 1. The van der Waals surface area contributed by atoms with E-state index in [1.54, 1.807) is 0 Å². The molecule has 162 valence electrons. The Bertz CT molecular complexity index is 1180. The Balaban J connectivity index is 1.28. The first-order chi connectivity index (χ1) is 14.9. The second-order valence-electron chi connectivity index (χ2n) is 8.16. The zero-order valence-corrected chi connectivity index (χ0v) is 18.5. The molecular formula is C23H25N3O4S. The van der Waals surface area contributed by atoms with Crippen molar-refractivity contribution in [3.05, 3.63) is 64.7 Å². The molecular weight excluding hydrogens is 414 g/mol. The number of amidine groups is 1. The standard InChI is InChI=1S/C23H25N3O4S/c1-16-3-6-19(7-4-16)22-17(2)23(24-31(22,27)28)26-11-9-25(10-12-26)14-18-5-8-20-21(13-18)30-15-29-20/h3-8,13H,9-12,14-15H2,1-2H3. The van der Waals surface area contributed by atoms with Gasteiger partial charge in [0.05, 0.1) is 0 Å². The normalized spacial score (nSPS) is 20.3. The molecule has 0 spiro atoms. The maximum absolute atomic E-state index is 12.8. The van der Waals surface area contributed by atoms with Crippen molar-refractivity contribution in [1.29, 1.82) is 0 Å². The molecule has 5 rings (SSSR count). The monoisotopic (exact) mass is 439 g/mol. The maximum Gasteiger partial charge on any atom is 0.285 e. The van der Waals surface area contributed by atoms with Crippen LogP contribution in [-0.4, -0.2) is 57.0 Å². The quantitative estimate of drug-likeness (QED) is 0.732. The van der Waals surface area contributed by atoms with Crippen molar-refractivity contribution in [2.45, 2.75) is 20.4 Å². The lowest BCUT2D eigenvalue weighted by atomic mass is 10.1. The van der Waals surface area contributed by atoms with Crippen LogP contribution in [0.3, 0.4) is 0 Å². The summed E-state index contributed by atoms with van der Waals surface area (Å²) in [4.78, 5) is 4.77. The molecule has 3 aliphatic heterocycles. The number of hydrogen-bond donors (Lipinski definition) is 0. The molecule has 0 radical (unpaired) electrons. The molecule has 0 saturated carbocycles. The van der Waals surface area contributed by atoms with Crippen LogP contribution in [0.1, 0.15) is 23.6 Å². The summed E-state index contributed by atoms with van der Waals surface area (Å²) in [7, 11) is -3.68. The molecule has 2 aromatic carbocycles. The summed E-state index contributed by atoms with van der Waals surface area (Å²) >= 11 is 0. The molecule has 0 atom stereocenters. The molecule has 1 fully saturated rings. The lowest BCUT2D eigenvalue weighted by Crippen LogP contribution is -2.48. The highest BCUT2D eigenvalue weighted by Gasteiger charge is 2.34. The molecule has 8 heteroatoms. The topological polar surface area (TPSA) is 71.4 Å². The first-order valence-electron chi connectivity index (χ1n) is 10.4. The van der Waals surface area contributed by atoms with Gasteiger partial charge in [-0.1, -0.05) is 35.9 Å². The van der Waals surface area contributed by atoms with Crippen LogP contribution in [0.15, 0.2) is 52.4 Å². The van der Waals surface area contributed by atoms with Gasteiger partial charge in [-0.2, -0.15) is 8.42 Å². The number of benzene rings is 2. The van der Waals surface area contributed by atoms with Crippen LogP contribution in [-0.2, 0) is 16.6 Å². The molecule has 0 aliphatic carbocycles. The largest absolute Gasteiger partial charge is 0.454 e. The second-order valence-corrected chi connectivity index (χ2v) is 9.70. The fourth-order valence-electron chi connectivity index (χ4n) is 4.30. The summed E-state index contributed by atoms with van der Waals surface area (Å²) in [6, 6.07) is 13.6. The van der Waals surface area contributed by atoms with Crippen LogP contribution >= 0.6 is 0 Å². The third kappa shape index (κ3) is 3.81. The Morgan fingerprint density at radius 2 is 1.65 bits per heavy atom. The summed E-state index contributed by atoms with van der Waals surface area (Å²) in [5, 5.41) is 0. The van der Waals surface area contributed by atoms with E-state index in [0.717, 1.165) is 55.4 Å². The number of hydrogen-bond acceptors (Lipinski definition) is 6. The van der Waals surface area contributed by atoms with Gasteiger partial charge in [0, 0.05) is 38.3 Å². The lowest BCUT2D eigenvalue weighted by Gasteiger charge is -2.36. The Labute approximate surface area is 182 Å². The molecule has 1 saturated heterocycles. The summed E-state index contributed by atoms with van der Waals surface area (Å²) in [6.07, 6.45) is 0. The minimum atomic E-state index is -3.68. The summed E-state index contributed by atoms with van der Waals surface area (Å²) in [5.41, 5.74) is 3.70. The summed E-state index contributed by atoms with van der Waals surface area (Å²) < 4.78 is 40.6. The molecule has 0 N–H and O–H groups in total. The zero-order valence-electron chi connectivity index (χ0n) is 17.7. The molecule has 7 nitrogen and oxygen atoms in total. The van der Waals surface area contributed by atoms with E-state index in [4.69, 9.17) is 9.47 Å². The molecule has 31 heavy (non-hydrogen) atoms. The van der Waals surface area contributed by atoms with Crippen molar-refractivity contribution in [3.63, 3.8) is 0 Å². The number of rotatable bonds is 3. The van der Waals surface area contributed by atoms with E-state index >= 15 is 0 Å². The van der Waals surface area contributed by atoms with E-state index in [1.807, 2.05) is 50.2 Å². The van der Waals surface area contributed by atoms with Crippen LogP contribution in [0.2, 0.25) is 0 Å². The van der Waals surface area contributed by atoms with Crippen molar-refractivity contribution in [2.24, 2.45) is 4.40 Å². The van der Waals surface area contributed by atoms with Gasteiger partial charge in [0.1, 0.15) is 10.7 Å². The van der Waals surface area contributed by atoms with Crippen molar-refractivity contribution in [1.82, 2.24) is 9.80 Å². The van der Waals surface area contributed by atoms with E-state index in [0.29, 0.717) is 16.3 Å². The SMILES string of the molecule is CC1=C(c2ccc(C)cc2)S(=O)(=O)N=C1N1CCN(Cc2ccc3c(c2)OCO3)CC1. The van der Waals surface area contributed by atoms with E-state index < -0.39 is 10.0 Å². The molecule has 0 aromatic heterocycles. The average Bonchev–Trinajstić information content (AvgIpc) is 3.31. The van der Waals surface area contributed by atoms with Gasteiger partial charge in [0.25, 0.3) is 10.0 Å². The van der Waals surface area contributed by atoms with Crippen LogP contribution in [0, 0.1) is 6.92 Å². The second kappa shape index (κ2) is 7.69. The van der Waals surface area contributed by atoms with Crippen molar-refractivity contribution < 1.29 is 17.9 Å². The minimum Gasteiger partial charge on any atom is -0.454 e. The molecule has 0 amide bonds. The van der Waals surface area contributed by atoms with Crippen molar-refractivity contribution >= 4 is 20.8 Å². The van der Waals surface area contributed by atoms with E-state index in [1.165, 1.54) is 5.56 Å². The van der Waals surface area contributed by atoms with E-state index in [9.17, 15) is 8.42 Å². The van der Waals surface area contributed by atoms with Gasteiger partial charge in [0.15, 0.2) is 11.5 Å². The van der Waals surface area contributed by atoms with E-state index in [2.05, 4.69) is 20.3 Å². The highest BCUT2D eigenvalue weighted by Crippen LogP contribution is 2.35. The Morgan fingerprint density at radius 3 is 2.39 bits per heavy atom. The number of sulfonamides is 1. The molecule has 0 bridgehead atoms. The Kier molecular flexibility index (Phi) is 4.98. The van der Waals surface area contributed by atoms with E-state index in [-0.39, 0.29) is 6.79 Å². The van der Waals surface area contributed by atoms with Gasteiger partial charge in [-0.15, -0.1) is 4.40 Å². The molecule has 3 aliphatic rings.